The van der Waals surface area contributed by atoms with Gasteiger partial charge in [-0.3, -0.25) is 0 Å². The Hall–Kier alpha value is -6.26. The van der Waals surface area contributed by atoms with Crippen molar-refractivity contribution in [2.75, 3.05) is 27.4 Å². The van der Waals surface area contributed by atoms with Gasteiger partial charge in [-0.15, -0.1) is 5.10 Å². The average Bonchev–Trinajstić information content (AvgIpc) is 1.15. The molecule has 13 heteroatoms. The van der Waals surface area contributed by atoms with E-state index in [-0.39, 0.29) is 19.8 Å². The van der Waals surface area contributed by atoms with Crippen LogP contribution in [0.3, 0.4) is 0 Å². The number of benzene rings is 6. The second-order valence-corrected chi connectivity index (χ2v) is 27.3. The second-order valence-electron chi connectivity index (χ2n) is 27.3. The number of methoxy groups -OCH3 is 2. The van der Waals surface area contributed by atoms with Gasteiger partial charge in [0.1, 0.15) is 48.1 Å². The summed E-state index contributed by atoms with van der Waals surface area (Å²) in [6.45, 7) is 6.77. The van der Waals surface area contributed by atoms with E-state index in [1.54, 1.807) is 14.2 Å². The Kier molecular flexibility index (Phi) is 38.5. The van der Waals surface area contributed by atoms with E-state index in [1.807, 2.05) is 102 Å². The maximum absolute atomic E-state index is 7.51. The molecule has 13 nitrogen and oxygen atoms in total. The minimum atomic E-state index is -0.991. The van der Waals surface area contributed by atoms with Crippen molar-refractivity contribution in [3.05, 3.63) is 215 Å². The maximum Gasteiger partial charge on any atom is 0.187 e. The smallest absolute Gasteiger partial charge is 0.187 e. The average molecular weight is 1360 g/mol. The molecule has 7 aromatic rings. The molecular formula is C86H121N3O10. The highest BCUT2D eigenvalue weighted by Gasteiger charge is 2.50. The van der Waals surface area contributed by atoms with Gasteiger partial charge in [-0.2, -0.15) is 0 Å². The van der Waals surface area contributed by atoms with Crippen molar-refractivity contribution in [1.82, 2.24) is 15.0 Å². The third-order valence-electron chi connectivity index (χ3n) is 19.3. The van der Waals surface area contributed by atoms with Crippen LogP contribution in [0, 0.1) is 0 Å². The molecule has 0 aliphatic carbocycles. The zero-order valence-corrected chi connectivity index (χ0v) is 60.7. The highest BCUT2D eigenvalue weighted by molar-refractivity contribution is 5.28. The predicted molar refractivity (Wildman–Crippen MR) is 398 cm³/mol. The first kappa shape index (κ1) is 78.5. The van der Waals surface area contributed by atoms with Gasteiger partial charge in [0.25, 0.3) is 0 Å². The second kappa shape index (κ2) is 48.5. The Morgan fingerprint density at radius 2 is 0.788 bits per heavy atom. The third-order valence-corrected chi connectivity index (χ3v) is 19.3. The van der Waals surface area contributed by atoms with Gasteiger partial charge in [0.2, 0.25) is 0 Å². The van der Waals surface area contributed by atoms with E-state index in [0.29, 0.717) is 33.0 Å². The molecule has 8 rings (SSSR count). The maximum atomic E-state index is 7.51. The lowest BCUT2D eigenvalue weighted by Crippen LogP contribution is -2.62. The first-order chi connectivity index (χ1) is 49.0. The van der Waals surface area contributed by atoms with Gasteiger partial charge in [-0.25, -0.2) is 4.68 Å². The molecule has 0 N–H and O–H groups in total. The minimum Gasteiger partial charge on any atom is -0.497 e. The summed E-state index contributed by atoms with van der Waals surface area (Å²) in [5.74, 6) is 1.57. The molecular weight excluding hydrogens is 1230 g/mol. The van der Waals surface area contributed by atoms with E-state index in [1.165, 1.54) is 141 Å². The molecule has 0 bridgehead atoms. The first-order valence-corrected chi connectivity index (χ1v) is 38.2. The number of nitrogens with zero attached hydrogens (tertiary/aromatic N) is 3. The van der Waals surface area contributed by atoms with Crippen LogP contribution in [0.25, 0.3) is 0 Å². The SMILES string of the molecule is CCCCCCCCCCCCCCCCc1cn([C@@H](CO[C@H]2OC(COCc3ccccc3)[C@H](OCc3ccccc3)[C@@H](OCc3ccccc3)[C@@H]2OCc2ccccc2)[C@H](OCc2ccc(OC)cc2)[C@@H](CCCCCCCCCCCCCC)OCc2ccc(OC)cc2)nn1. The summed E-state index contributed by atoms with van der Waals surface area (Å²) in [5.41, 5.74) is 7.07. The monoisotopic (exact) mass is 1360 g/mol. The normalized spacial score (nSPS) is 17.2. The number of rotatable bonds is 55. The van der Waals surface area contributed by atoms with Gasteiger partial charge in [-0.05, 0) is 76.9 Å². The summed E-state index contributed by atoms with van der Waals surface area (Å²) >= 11 is 0. The lowest BCUT2D eigenvalue weighted by Gasteiger charge is -2.46. The molecule has 99 heavy (non-hydrogen) atoms. The molecule has 6 aromatic carbocycles. The fraction of sp³-hybridized carbons (Fsp3) is 0.558. The molecule has 1 fully saturated rings. The van der Waals surface area contributed by atoms with Gasteiger partial charge < -0.3 is 47.4 Å². The Labute approximate surface area is 595 Å². The van der Waals surface area contributed by atoms with Crippen molar-refractivity contribution in [3.63, 3.8) is 0 Å². The summed E-state index contributed by atoms with van der Waals surface area (Å²) in [5, 5.41) is 10.0. The van der Waals surface area contributed by atoms with Crippen LogP contribution >= 0.6 is 0 Å². The highest BCUT2D eigenvalue weighted by atomic mass is 16.7. The van der Waals surface area contributed by atoms with E-state index in [2.05, 4.69) is 92.8 Å². The van der Waals surface area contributed by atoms with Crippen LogP contribution in [-0.4, -0.2) is 85.3 Å². The summed E-state index contributed by atoms with van der Waals surface area (Å²) < 4.78 is 71.1. The number of aryl methyl sites for hydroxylation is 1. The lowest BCUT2D eigenvalue weighted by atomic mass is 9.97. The van der Waals surface area contributed by atoms with Crippen LogP contribution in [-0.2, 0) is 84.0 Å². The van der Waals surface area contributed by atoms with Crippen molar-refractivity contribution in [3.8, 4) is 11.5 Å². The van der Waals surface area contributed by atoms with E-state index in [9.17, 15) is 0 Å². The summed E-state index contributed by atoms with van der Waals surface area (Å²) in [6.07, 6.45) is 32.1. The van der Waals surface area contributed by atoms with Crippen molar-refractivity contribution in [2.24, 2.45) is 0 Å². The van der Waals surface area contributed by atoms with Crippen LogP contribution in [0.5, 0.6) is 11.5 Å². The molecule has 0 radical (unpaired) electrons. The molecule has 0 spiro atoms. The van der Waals surface area contributed by atoms with Crippen LogP contribution in [0.4, 0.5) is 0 Å². The van der Waals surface area contributed by atoms with Crippen molar-refractivity contribution in [2.45, 2.75) is 282 Å². The molecule has 540 valence electrons. The summed E-state index contributed by atoms with van der Waals surface area (Å²) in [6, 6.07) is 56.7. The zero-order chi connectivity index (χ0) is 68.8. The zero-order valence-electron chi connectivity index (χ0n) is 60.7. The summed E-state index contributed by atoms with van der Waals surface area (Å²) in [7, 11) is 3.39. The van der Waals surface area contributed by atoms with Gasteiger partial charge >= 0.3 is 0 Å². The van der Waals surface area contributed by atoms with Gasteiger partial charge in [0.05, 0.1) is 78.9 Å². The fourth-order valence-electron chi connectivity index (χ4n) is 13.3. The first-order valence-electron chi connectivity index (χ1n) is 38.2. The molecule has 1 unspecified atom stereocenters. The van der Waals surface area contributed by atoms with E-state index < -0.39 is 49.0 Å². The van der Waals surface area contributed by atoms with Crippen LogP contribution in [0.2, 0.25) is 0 Å². The van der Waals surface area contributed by atoms with Gasteiger partial charge in [0, 0.05) is 6.20 Å². The van der Waals surface area contributed by atoms with Gasteiger partial charge in [-0.1, -0.05) is 325 Å². The topological polar surface area (TPSA) is 123 Å². The molecule has 8 atom stereocenters. The Morgan fingerprint density at radius 1 is 0.394 bits per heavy atom. The number of unbranched alkanes of at least 4 members (excludes halogenated alkanes) is 24. The molecule has 1 aliphatic rings. The lowest BCUT2D eigenvalue weighted by molar-refractivity contribution is -0.331. The third kappa shape index (κ3) is 30.1. The van der Waals surface area contributed by atoms with E-state index in [4.69, 9.17) is 57.7 Å². The Balaban J connectivity index is 1.12. The molecule has 2 heterocycles. The molecule has 0 amide bonds. The molecule has 0 saturated carbocycles. The summed E-state index contributed by atoms with van der Waals surface area (Å²) in [4.78, 5) is 0. The number of ether oxygens (including phenoxy) is 10. The van der Waals surface area contributed by atoms with Crippen LogP contribution in [0.1, 0.15) is 232 Å². The molecule has 1 aromatic heterocycles. The van der Waals surface area contributed by atoms with Gasteiger partial charge in [0.15, 0.2) is 6.29 Å². The number of hydrogen-bond acceptors (Lipinski definition) is 12. The van der Waals surface area contributed by atoms with Crippen molar-refractivity contribution >= 4 is 0 Å². The van der Waals surface area contributed by atoms with E-state index >= 15 is 0 Å². The largest absolute Gasteiger partial charge is 0.497 e. The van der Waals surface area contributed by atoms with Crippen LogP contribution in [0.15, 0.2) is 176 Å². The minimum absolute atomic E-state index is 0.0875. The predicted octanol–water partition coefficient (Wildman–Crippen LogP) is 20.8. The molecule has 1 aliphatic heterocycles. The van der Waals surface area contributed by atoms with Crippen LogP contribution < -0.4 is 9.47 Å². The Bertz CT molecular complexity index is 3070. The quantitative estimate of drug-likeness (QED) is 0.0337. The highest BCUT2D eigenvalue weighted by Crippen LogP contribution is 2.35. The fourth-order valence-corrected chi connectivity index (χ4v) is 13.3. The number of hydrogen-bond donors (Lipinski definition) is 0. The Morgan fingerprint density at radius 3 is 1.24 bits per heavy atom. The molecule has 1 saturated heterocycles. The number of aromatic nitrogens is 3. The standard InChI is InChI=1S/C86H121N3O10/c1-5-7-9-11-13-15-17-19-20-21-23-25-27-41-51-76-61-89(88-87-76)79(82(94-67-75-55-59-78(91-4)60-56-75)80(93-63-74-53-57-77(90-3)58-54-74)52-42-28-26-24-22-18-16-14-12-10-8-6-2)68-98-86-85(97-66-73-49-39-32-40-50-73)84(96-65-72-47-37-31-38-48-72)83(95-64-71-45-35-30-36-46-71)81(99-86)69-92-62-70-43-33-29-34-44-70/h29-40,43-50,53-61,79-86H,5-28,41-42,51-52,62-69H2,1-4H3/t79-,80+,81?,82-,83-,84+,85-,86-/m0/s1. The van der Waals surface area contributed by atoms with Crippen molar-refractivity contribution in [1.29, 1.82) is 0 Å². The van der Waals surface area contributed by atoms with E-state index in [0.717, 1.165) is 89.1 Å². The van der Waals surface area contributed by atoms with Crippen molar-refractivity contribution < 1.29 is 47.4 Å².